The standard InChI is InChI=1S/C12H12O2/c1-7-3-9-4-8(2)12(14)6-10(9)5-11(7)13/h3-6,13-14H,1-2H3. The molecule has 0 bridgehead atoms. The maximum Gasteiger partial charge on any atom is 0.119 e. The van der Waals surface area contributed by atoms with Crippen molar-refractivity contribution in [1.29, 1.82) is 0 Å². The first-order valence-corrected chi connectivity index (χ1v) is 4.51. The Balaban J connectivity index is 2.83. The van der Waals surface area contributed by atoms with Crippen LogP contribution >= 0.6 is 0 Å². The van der Waals surface area contributed by atoms with Crippen LogP contribution < -0.4 is 0 Å². The van der Waals surface area contributed by atoms with Crippen molar-refractivity contribution >= 4 is 10.8 Å². The summed E-state index contributed by atoms with van der Waals surface area (Å²) in [5, 5.41) is 20.9. The van der Waals surface area contributed by atoms with Crippen LogP contribution in [0.15, 0.2) is 24.3 Å². The average Bonchev–Trinajstić information content (AvgIpc) is 2.11. The third-order valence-corrected chi connectivity index (χ3v) is 2.47. The lowest BCUT2D eigenvalue weighted by Crippen LogP contribution is -1.80. The minimum absolute atomic E-state index is 0.265. The second kappa shape index (κ2) is 2.91. The van der Waals surface area contributed by atoms with E-state index in [9.17, 15) is 10.2 Å². The molecule has 2 aromatic rings. The van der Waals surface area contributed by atoms with Crippen LogP contribution in [-0.4, -0.2) is 10.2 Å². The molecule has 0 unspecified atom stereocenters. The van der Waals surface area contributed by atoms with Gasteiger partial charge in [0.2, 0.25) is 0 Å². The molecule has 2 rings (SSSR count). The van der Waals surface area contributed by atoms with Crippen molar-refractivity contribution in [1.82, 2.24) is 0 Å². The first-order chi connectivity index (χ1) is 6.58. The monoisotopic (exact) mass is 188 g/mol. The van der Waals surface area contributed by atoms with Crippen LogP contribution in [0.2, 0.25) is 0 Å². The largest absolute Gasteiger partial charge is 0.508 e. The van der Waals surface area contributed by atoms with Gasteiger partial charge in [-0.3, -0.25) is 0 Å². The second-order valence-corrected chi connectivity index (χ2v) is 3.62. The first-order valence-electron chi connectivity index (χ1n) is 4.51. The predicted molar refractivity (Wildman–Crippen MR) is 56.8 cm³/mol. The van der Waals surface area contributed by atoms with E-state index < -0.39 is 0 Å². The van der Waals surface area contributed by atoms with Gasteiger partial charge in [-0.05, 0) is 60.0 Å². The fraction of sp³-hybridized carbons (Fsp3) is 0.167. The zero-order chi connectivity index (χ0) is 10.3. The molecule has 0 saturated carbocycles. The summed E-state index contributed by atoms with van der Waals surface area (Å²) in [4.78, 5) is 0. The lowest BCUT2D eigenvalue weighted by molar-refractivity contribution is 0.470. The van der Waals surface area contributed by atoms with Gasteiger partial charge in [-0.15, -0.1) is 0 Å². The van der Waals surface area contributed by atoms with Gasteiger partial charge in [0.05, 0.1) is 0 Å². The molecular formula is C12H12O2. The Hall–Kier alpha value is -1.70. The van der Waals surface area contributed by atoms with Crippen molar-refractivity contribution in [3.8, 4) is 11.5 Å². The number of fused-ring (bicyclic) bond motifs is 1. The van der Waals surface area contributed by atoms with E-state index >= 15 is 0 Å². The van der Waals surface area contributed by atoms with Crippen LogP contribution in [-0.2, 0) is 0 Å². The predicted octanol–water partition coefficient (Wildman–Crippen LogP) is 2.87. The fourth-order valence-corrected chi connectivity index (χ4v) is 1.55. The van der Waals surface area contributed by atoms with Gasteiger partial charge in [-0.1, -0.05) is 0 Å². The molecule has 0 fully saturated rings. The molecule has 0 amide bonds. The molecule has 0 aliphatic carbocycles. The van der Waals surface area contributed by atoms with Crippen molar-refractivity contribution in [3.05, 3.63) is 35.4 Å². The summed E-state index contributed by atoms with van der Waals surface area (Å²) in [6, 6.07) is 7.17. The quantitative estimate of drug-likeness (QED) is 0.667. The van der Waals surface area contributed by atoms with Crippen molar-refractivity contribution in [2.45, 2.75) is 13.8 Å². The molecular weight excluding hydrogens is 176 g/mol. The summed E-state index contributed by atoms with van der Waals surface area (Å²) in [5.74, 6) is 0.529. The maximum atomic E-state index is 9.50. The molecule has 0 aliphatic heterocycles. The molecule has 0 spiro atoms. The Morgan fingerprint density at radius 2 is 1.07 bits per heavy atom. The van der Waals surface area contributed by atoms with Crippen molar-refractivity contribution < 1.29 is 10.2 Å². The van der Waals surface area contributed by atoms with Crippen LogP contribution in [0, 0.1) is 13.8 Å². The molecule has 2 N–H and O–H groups in total. The second-order valence-electron chi connectivity index (χ2n) is 3.62. The third kappa shape index (κ3) is 1.29. The van der Waals surface area contributed by atoms with Gasteiger partial charge in [0.25, 0.3) is 0 Å². The number of hydrogen-bond acceptors (Lipinski definition) is 2. The van der Waals surface area contributed by atoms with Gasteiger partial charge in [0.1, 0.15) is 11.5 Å². The molecule has 0 aromatic heterocycles. The SMILES string of the molecule is Cc1cc2cc(C)c(O)cc2cc1O. The average molecular weight is 188 g/mol. The fourth-order valence-electron chi connectivity index (χ4n) is 1.55. The molecule has 2 nitrogen and oxygen atoms in total. The number of phenols is 2. The van der Waals surface area contributed by atoms with Gasteiger partial charge >= 0.3 is 0 Å². The Bertz CT molecular complexity index is 412. The van der Waals surface area contributed by atoms with E-state index in [1.165, 1.54) is 0 Å². The highest BCUT2D eigenvalue weighted by molar-refractivity contribution is 5.87. The highest BCUT2D eigenvalue weighted by Crippen LogP contribution is 2.29. The van der Waals surface area contributed by atoms with Crippen molar-refractivity contribution in [2.75, 3.05) is 0 Å². The molecule has 0 heterocycles. The van der Waals surface area contributed by atoms with Crippen LogP contribution in [0.4, 0.5) is 0 Å². The van der Waals surface area contributed by atoms with Crippen molar-refractivity contribution in [3.63, 3.8) is 0 Å². The molecule has 14 heavy (non-hydrogen) atoms. The van der Waals surface area contributed by atoms with E-state index in [1.807, 2.05) is 26.0 Å². The number of benzene rings is 2. The van der Waals surface area contributed by atoms with Gasteiger partial charge in [-0.2, -0.15) is 0 Å². The van der Waals surface area contributed by atoms with Gasteiger partial charge in [-0.25, -0.2) is 0 Å². The number of aryl methyl sites for hydroxylation is 2. The Labute approximate surface area is 82.4 Å². The van der Waals surface area contributed by atoms with Crippen LogP contribution in [0.25, 0.3) is 10.8 Å². The topological polar surface area (TPSA) is 40.5 Å². The van der Waals surface area contributed by atoms with E-state index in [2.05, 4.69) is 0 Å². The lowest BCUT2D eigenvalue weighted by Gasteiger charge is -2.05. The van der Waals surface area contributed by atoms with Gasteiger partial charge in [0.15, 0.2) is 0 Å². The number of phenolic OH excluding ortho intramolecular Hbond substituents is 2. The summed E-state index contributed by atoms with van der Waals surface area (Å²) >= 11 is 0. The molecule has 0 atom stereocenters. The highest BCUT2D eigenvalue weighted by Gasteiger charge is 2.03. The zero-order valence-electron chi connectivity index (χ0n) is 8.20. The summed E-state index contributed by atoms with van der Waals surface area (Å²) in [5.41, 5.74) is 1.70. The van der Waals surface area contributed by atoms with E-state index in [-0.39, 0.29) is 11.5 Å². The minimum Gasteiger partial charge on any atom is -0.508 e. The summed E-state index contributed by atoms with van der Waals surface area (Å²) in [7, 11) is 0. The highest BCUT2D eigenvalue weighted by atomic mass is 16.3. The van der Waals surface area contributed by atoms with Gasteiger partial charge < -0.3 is 10.2 Å². The normalized spacial score (nSPS) is 10.7. The van der Waals surface area contributed by atoms with E-state index in [4.69, 9.17) is 0 Å². The third-order valence-electron chi connectivity index (χ3n) is 2.47. The molecule has 0 radical (unpaired) electrons. The first kappa shape index (κ1) is 8.88. The van der Waals surface area contributed by atoms with Crippen LogP contribution in [0.1, 0.15) is 11.1 Å². The maximum absolute atomic E-state index is 9.50. The molecule has 0 saturated heterocycles. The Morgan fingerprint density at radius 1 is 0.714 bits per heavy atom. The van der Waals surface area contributed by atoms with E-state index in [1.54, 1.807) is 12.1 Å². The van der Waals surface area contributed by atoms with E-state index in [0.29, 0.717) is 0 Å². The van der Waals surface area contributed by atoms with Crippen LogP contribution in [0.5, 0.6) is 11.5 Å². The van der Waals surface area contributed by atoms with Gasteiger partial charge in [0, 0.05) is 0 Å². The van der Waals surface area contributed by atoms with Crippen LogP contribution in [0.3, 0.4) is 0 Å². The number of aromatic hydroxyl groups is 2. The summed E-state index contributed by atoms with van der Waals surface area (Å²) < 4.78 is 0. The number of rotatable bonds is 0. The zero-order valence-corrected chi connectivity index (χ0v) is 8.20. The number of hydrogen-bond donors (Lipinski definition) is 2. The summed E-state index contributed by atoms with van der Waals surface area (Å²) in [6.07, 6.45) is 0. The summed E-state index contributed by atoms with van der Waals surface area (Å²) in [6.45, 7) is 3.72. The molecule has 2 heteroatoms. The lowest BCUT2D eigenvalue weighted by atomic mass is 10.0. The Morgan fingerprint density at radius 3 is 1.50 bits per heavy atom. The molecule has 2 aromatic carbocycles. The van der Waals surface area contributed by atoms with E-state index in [0.717, 1.165) is 21.9 Å². The smallest absolute Gasteiger partial charge is 0.119 e. The Kier molecular flexibility index (Phi) is 1.84. The molecule has 72 valence electrons. The van der Waals surface area contributed by atoms with Crippen molar-refractivity contribution in [2.24, 2.45) is 0 Å². The minimum atomic E-state index is 0.265. The molecule has 0 aliphatic rings.